The molecule has 3 rings (SSSR count). The highest BCUT2D eigenvalue weighted by molar-refractivity contribution is 7.89. The molecule has 0 saturated carbocycles. The van der Waals surface area contributed by atoms with Crippen molar-refractivity contribution in [2.24, 2.45) is 0 Å². The molecule has 0 spiro atoms. The molecular weight excluding hydrogens is 304 g/mol. The summed E-state index contributed by atoms with van der Waals surface area (Å²) in [6.45, 7) is -0.407. The number of fused-ring (bicyclic) bond motifs is 1. The molecule has 0 aliphatic carbocycles. The van der Waals surface area contributed by atoms with Crippen molar-refractivity contribution >= 4 is 20.9 Å². The molecule has 1 aromatic carbocycles. The number of aliphatic hydroxyl groups excluding tert-OH is 1. The molecule has 0 bridgehead atoms. The van der Waals surface area contributed by atoms with Gasteiger partial charge in [-0.05, 0) is 36.4 Å². The Labute approximate surface area is 127 Å². The maximum atomic E-state index is 12.6. The van der Waals surface area contributed by atoms with Crippen molar-refractivity contribution in [3.8, 4) is 0 Å². The molecule has 2 N–H and O–H groups in total. The van der Waals surface area contributed by atoms with Crippen molar-refractivity contribution in [3.63, 3.8) is 0 Å². The summed E-state index contributed by atoms with van der Waals surface area (Å²) in [7, 11) is -3.83. The van der Waals surface area contributed by atoms with Crippen LogP contribution < -0.4 is 4.72 Å². The standard InChI is InChI=1S/C15H14N2O4S/c18-10-13(14-6-3-9-21-14)17-22(19,20)15-7-1-5-12-11(15)4-2-8-16-12/h1-9,13,17-18H,10H2. The lowest BCUT2D eigenvalue weighted by Crippen LogP contribution is -2.30. The number of aromatic nitrogens is 1. The highest BCUT2D eigenvalue weighted by atomic mass is 32.2. The van der Waals surface area contributed by atoms with Crippen LogP contribution in [-0.2, 0) is 10.0 Å². The van der Waals surface area contributed by atoms with E-state index < -0.39 is 22.7 Å². The first-order chi connectivity index (χ1) is 10.6. The van der Waals surface area contributed by atoms with Crippen molar-refractivity contribution in [2.45, 2.75) is 10.9 Å². The van der Waals surface area contributed by atoms with Crippen LogP contribution in [0.3, 0.4) is 0 Å². The molecule has 2 aromatic heterocycles. The normalized spacial score (nSPS) is 13.3. The summed E-state index contributed by atoms with van der Waals surface area (Å²) >= 11 is 0. The predicted octanol–water partition coefficient (Wildman–Crippen LogP) is 1.84. The van der Waals surface area contributed by atoms with E-state index in [1.54, 1.807) is 42.6 Å². The van der Waals surface area contributed by atoms with E-state index in [0.29, 0.717) is 16.7 Å². The topological polar surface area (TPSA) is 92.4 Å². The minimum absolute atomic E-state index is 0.114. The van der Waals surface area contributed by atoms with Gasteiger partial charge in [0.1, 0.15) is 11.8 Å². The molecule has 0 amide bonds. The summed E-state index contributed by atoms with van der Waals surface area (Å²) in [6.07, 6.45) is 3.03. The zero-order valence-electron chi connectivity index (χ0n) is 11.5. The Morgan fingerprint density at radius 2 is 2.05 bits per heavy atom. The maximum Gasteiger partial charge on any atom is 0.241 e. The van der Waals surface area contributed by atoms with Gasteiger partial charge in [-0.2, -0.15) is 4.72 Å². The van der Waals surface area contributed by atoms with Gasteiger partial charge in [0.05, 0.1) is 23.3 Å². The predicted molar refractivity (Wildman–Crippen MR) is 80.6 cm³/mol. The Kier molecular flexibility index (Phi) is 3.93. The van der Waals surface area contributed by atoms with Crippen LogP contribution >= 0.6 is 0 Å². The van der Waals surface area contributed by atoms with E-state index >= 15 is 0 Å². The zero-order valence-corrected chi connectivity index (χ0v) is 12.3. The number of pyridine rings is 1. The van der Waals surface area contributed by atoms with Crippen LogP contribution in [0.4, 0.5) is 0 Å². The van der Waals surface area contributed by atoms with E-state index in [1.807, 2.05) is 0 Å². The quantitative estimate of drug-likeness (QED) is 0.749. The fourth-order valence-corrected chi connectivity index (χ4v) is 3.65. The van der Waals surface area contributed by atoms with Gasteiger partial charge in [-0.15, -0.1) is 0 Å². The van der Waals surface area contributed by atoms with Crippen molar-refractivity contribution in [1.29, 1.82) is 0 Å². The van der Waals surface area contributed by atoms with Crippen molar-refractivity contribution in [3.05, 3.63) is 60.7 Å². The fourth-order valence-electron chi connectivity index (χ4n) is 2.24. The molecule has 1 atom stereocenters. The molecule has 114 valence electrons. The number of sulfonamides is 1. The van der Waals surface area contributed by atoms with Gasteiger partial charge in [-0.25, -0.2) is 8.42 Å². The minimum Gasteiger partial charge on any atom is -0.468 e. The van der Waals surface area contributed by atoms with E-state index in [2.05, 4.69) is 9.71 Å². The number of aliphatic hydroxyl groups is 1. The van der Waals surface area contributed by atoms with E-state index in [4.69, 9.17) is 4.42 Å². The Morgan fingerprint density at radius 3 is 2.77 bits per heavy atom. The molecule has 3 aromatic rings. The van der Waals surface area contributed by atoms with Gasteiger partial charge < -0.3 is 9.52 Å². The molecule has 1 unspecified atom stereocenters. The van der Waals surface area contributed by atoms with Gasteiger partial charge in [0.25, 0.3) is 0 Å². The van der Waals surface area contributed by atoms with Crippen LogP contribution in [0.2, 0.25) is 0 Å². The van der Waals surface area contributed by atoms with Gasteiger partial charge in [0.2, 0.25) is 10.0 Å². The number of furan rings is 1. The molecule has 0 aliphatic heterocycles. The van der Waals surface area contributed by atoms with E-state index in [0.717, 1.165) is 0 Å². The van der Waals surface area contributed by atoms with Crippen LogP contribution in [0.5, 0.6) is 0 Å². The lowest BCUT2D eigenvalue weighted by molar-refractivity contribution is 0.242. The highest BCUT2D eigenvalue weighted by Crippen LogP contribution is 2.23. The Hall–Kier alpha value is -2.22. The summed E-state index contributed by atoms with van der Waals surface area (Å²) in [6, 6.07) is 10.6. The molecule has 6 nitrogen and oxygen atoms in total. The second kappa shape index (κ2) is 5.88. The third-order valence-corrected chi connectivity index (χ3v) is 4.79. The molecular formula is C15H14N2O4S. The van der Waals surface area contributed by atoms with E-state index in [1.165, 1.54) is 12.3 Å². The monoisotopic (exact) mass is 318 g/mol. The smallest absolute Gasteiger partial charge is 0.241 e. The first kappa shape index (κ1) is 14.7. The van der Waals surface area contributed by atoms with Crippen molar-refractivity contribution in [1.82, 2.24) is 9.71 Å². The van der Waals surface area contributed by atoms with Gasteiger partial charge in [0.15, 0.2) is 0 Å². The number of hydrogen-bond acceptors (Lipinski definition) is 5. The third kappa shape index (κ3) is 2.74. The van der Waals surface area contributed by atoms with Crippen LogP contribution in [0, 0.1) is 0 Å². The highest BCUT2D eigenvalue weighted by Gasteiger charge is 2.24. The fraction of sp³-hybridized carbons (Fsp3) is 0.133. The van der Waals surface area contributed by atoms with Crippen LogP contribution in [0.1, 0.15) is 11.8 Å². The molecule has 0 aliphatic rings. The minimum atomic E-state index is -3.83. The Morgan fingerprint density at radius 1 is 1.18 bits per heavy atom. The number of benzene rings is 1. The largest absolute Gasteiger partial charge is 0.468 e. The SMILES string of the molecule is O=S(=O)(NC(CO)c1ccco1)c1cccc2ncccc12. The summed E-state index contributed by atoms with van der Waals surface area (Å²) < 4.78 is 32.8. The molecule has 0 radical (unpaired) electrons. The summed E-state index contributed by atoms with van der Waals surface area (Å²) in [4.78, 5) is 4.26. The molecule has 22 heavy (non-hydrogen) atoms. The molecule has 7 heteroatoms. The van der Waals surface area contributed by atoms with Crippen LogP contribution in [0.25, 0.3) is 10.9 Å². The average Bonchev–Trinajstić information content (AvgIpc) is 3.06. The number of nitrogens with one attached hydrogen (secondary N) is 1. The van der Waals surface area contributed by atoms with Gasteiger partial charge in [-0.1, -0.05) is 6.07 Å². The zero-order chi connectivity index (χ0) is 15.6. The van der Waals surface area contributed by atoms with E-state index in [-0.39, 0.29) is 4.90 Å². The van der Waals surface area contributed by atoms with Crippen molar-refractivity contribution < 1.29 is 17.9 Å². The lowest BCUT2D eigenvalue weighted by atomic mass is 10.2. The van der Waals surface area contributed by atoms with Gasteiger partial charge >= 0.3 is 0 Å². The second-order valence-electron chi connectivity index (χ2n) is 4.70. The third-order valence-electron chi connectivity index (χ3n) is 3.26. The Balaban J connectivity index is 2.01. The number of rotatable bonds is 5. The first-order valence-corrected chi connectivity index (χ1v) is 8.10. The second-order valence-corrected chi connectivity index (χ2v) is 6.38. The number of nitrogens with zero attached hydrogens (tertiary/aromatic N) is 1. The molecule has 0 fully saturated rings. The van der Waals surface area contributed by atoms with Crippen LogP contribution in [0.15, 0.2) is 64.2 Å². The molecule has 2 heterocycles. The van der Waals surface area contributed by atoms with Crippen LogP contribution in [-0.4, -0.2) is 25.1 Å². The van der Waals surface area contributed by atoms with Gasteiger partial charge in [-0.3, -0.25) is 4.98 Å². The average molecular weight is 318 g/mol. The summed E-state index contributed by atoms with van der Waals surface area (Å²) in [5.74, 6) is 0.351. The van der Waals surface area contributed by atoms with Gasteiger partial charge in [0, 0.05) is 11.6 Å². The van der Waals surface area contributed by atoms with Crippen molar-refractivity contribution in [2.75, 3.05) is 6.61 Å². The number of hydrogen-bond donors (Lipinski definition) is 2. The maximum absolute atomic E-state index is 12.6. The van der Waals surface area contributed by atoms with E-state index in [9.17, 15) is 13.5 Å². The Bertz CT molecular complexity index is 870. The summed E-state index contributed by atoms with van der Waals surface area (Å²) in [5.41, 5.74) is 0.587. The first-order valence-electron chi connectivity index (χ1n) is 6.62. The molecule has 0 saturated heterocycles. The lowest BCUT2D eigenvalue weighted by Gasteiger charge is -2.15. The summed E-state index contributed by atoms with van der Waals surface area (Å²) in [5, 5.41) is 9.94.